The minimum atomic E-state index is 0.108. The van der Waals surface area contributed by atoms with Gasteiger partial charge in [0.25, 0.3) is 0 Å². The van der Waals surface area contributed by atoms with Crippen molar-refractivity contribution in [2.24, 2.45) is 5.10 Å². The standard InChI is InChI=1S/C14H21N4O4P/c1-17-15-14(23)18(16-17)12-2-4-13(5-3-12)22-11-10-21-9-8-20-7-6-19/h2-6,16H,7-11,23H2,1H3. The van der Waals surface area contributed by atoms with Crippen LogP contribution in [0.5, 0.6) is 5.75 Å². The molecule has 1 atom stereocenters. The molecule has 23 heavy (non-hydrogen) atoms. The molecule has 1 aromatic rings. The molecule has 0 aliphatic carbocycles. The normalized spacial score (nSPS) is 14.1. The number of hydrazone groups is 1. The predicted octanol–water partition coefficient (Wildman–Crippen LogP) is 0.615. The lowest BCUT2D eigenvalue weighted by Gasteiger charge is -2.19. The van der Waals surface area contributed by atoms with E-state index in [-0.39, 0.29) is 6.61 Å². The number of ether oxygens (including phenoxy) is 3. The summed E-state index contributed by atoms with van der Waals surface area (Å²) in [5.41, 5.74) is 4.81. The van der Waals surface area contributed by atoms with E-state index in [9.17, 15) is 4.79 Å². The quantitative estimate of drug-likeness (QED) is 0.380. The van der Waals surface area contributed by atoms with Gasteiger partial charge in [-0.1, -0.05) is 9.24 Å². The third kappa shape index (κ3) is 5.76. The van der Waals surface area contributed by atoms with Crippen molar-refractivity contribution in [3.05, 3.63) is 24.3 Å². The lowest BCUT2D eigenvalue weighted by molar-refractivity contribution is -0.112. The van der Waals surface area contributed by atoms with Gasteiger partial charge >= 0.3 is 0 Å². The number of aldehydes is 1. The zero-order valence-corrected chi connectivity index (χ0v) is 14.1. The van der Waals surface area contributed by atoms with Crippen LogP contribution in [0.4, 0.5) is 5.69 Å². The number of benzene rings is 1. The second-order valence-electron chi connectivity index (χ2n) is 4.61. The first kappa shape index (κ1) is 17.6. The summed E-state index contributed by atoms with van der Waals surface area (Å²) in [6, 6.07) is 7.66. The Morgan fingerprint density at radius 1 is 1.17 bits per heavy atom. The first-order chi connectivity index (χ1) is 11.2. The molecule has 1 aliphatic heterocycles. The number of nitrogens with one attached hydrogen (secondary N) is 1. The van der Waals surface area contributed by atoms with Crippen LogP contribution in [-0.4, -0.2) is 57.1 Å². The van der Waals surface area contributed by atoms with E-state index in [4.69, 9.17) is 14.2 Å². The van der Waals surface area contributed by atoms with Crippen molar-refractivity contribution in [1.82, 2.24) is 10.7 Å². The minimum Gasteiger partial charge on any atom is -0.491 e. The third-order valence-electron chi connectivity index (χ3n) is 2.88. The highest BCUT2D eigenvalue weighted by atomic mass is 31.0. The molecule has 0 amide bonds. The fourth-order valence-corrected chi connectivity index (χ4v) is 2.25. The van der Waals surface area contributed by atoms with Gasteiger partial charge in [-0.15, -0.1) is 10.6 Å². The maximum Gasteiger partial charge on any atom is 0.162 e. The van der Waals surface area contributed by atoms with Crippen molar-refractivity contribution in [3.8, 4) is 5.75 Å². The van der Waals surface area contributed by atoms with Crippen LogP contribution >= 0.6 is 9.24 Å². The largest absolute Gasteiger partial charge is 0.491 e. The summed E-state index contributed by atoms with van der Waals surface area (Å²) in [5, 5.41) is 7.69. The van der Waals surface area contributed by atoms with E-state index in [2.05, 4.69) is 19.9 Å². The number of anilines is 1. The van der Waals surface area contributed by atoms with Crippen LogP contribution in [0.15, 0.2) is 29.4 Å². The van der Waals surface area contributed by atoms with Crippen LogP contribution in [0, 0.1) is 0 Å². The molecule has 0 saturated carbocycles. The van der Waals surface area contributed by atoms with E-state index in [1.807, 2.05) is 36.3 Å². The number of amidine groups is 1. The second-order valence-corrected chi connectivity index (χ2v) is 5.13. The molecular formula is C14H21N4O4P. The highest BCUT2D eigenvalue weighted by Crippen LogP contribution is 2.22. The molecule has 0 radical (unpaired) electrons. The average molecular weight is 340 g/mol. The van der Waals surface area contributed by atoms with Gasteiger partial charge in [-0.25, -0.2) is 10.1 Å². The molecule has 0 aromatic heterocycles. The number of hydrazine groups is 2. The second kappa shape index (κ2) is 9.42. The van der Waals surface area contributed by atoms with Gasteiger partial charge in [0.2, 0.25) is 0 Å². The topological polar surface area (TPSA) is 75.6 Å². The zero-order chi connectivity index (χ0) is 16.5. The first-order valence-electron chi connectivity index (χ1n) is 7.17. The number of hydrogen-bond acceptors (Lipinski definition) is 8. The molecule has 126 valence electrons. The molecule has 0 fully saturated rings. The van der Waals surface area contributed by atoms with E-state index >= 15 is 0 Å². The third-order valence-corrected chi connectivity index (χ3v) is 3.25. The monoisotopic (exact) mass is 340 g/mol. The van der Waals surface area contributed by atoms with Gasteiger partial charge in [0.15, 0.2) is 5.58 Å². The molecule has 1 unspecified atom stereocenters. The Hall–Kier alpha value is -1.73. The summed E-state index contributed by atoms with van der Waals surface area (Å²) in [6.07, 6.45) is 0.717. The van der Waals surface area contributed by atoms with Gasteiger partial charge in [0.05, 0.1) is 25.5 Å². The molecule has 8 nitrogen and oxygen atoms in total. The van der Waals surface area contributed by atoms with Gasteiger partial charge in [-0.2, -0.15) is 0 Å². The lowest BCUT2D eigenvalue weighted by Crippen LogP contribution is -2.40. The summed E-state index contributed by atoms with van der Waals surface area (Å²) < 4.78 is 15.9. The highest BCUT2D eigenvalue weighted by Gasteiger charge is 2.17. The average Bonchev–Trinajstić information content (AvgIpc) is 2.89. The van der Waals surface area contributed by atoms with Gasteiger partial charge in [-0.3, -0.25) is 0 Å². The molecule has 1 N–H and O–H groups in total. The van der Waals surface area contributed by atoms with E-state index in [1.165, 1.54) is 0 Å². The summed E-state index contributed by atoms with van der Waals surface area (Å²) in [6.45, 7) is 1.88. The molecule has 0 bridgehead atoms. The van der Waals surface area contributed by atoms with E-state index in [0.29, 0.717) is 32.7 Å². The van der Waals surface area contributed by atoms with Crippen molar-refractivity contribution in [1.29, 1.82) is 0 Å². The van der Waals surface area contributed by atoms with Crippen LogP contribution in [0.2, 0.25) is 0 Å². The summed E-state index contributed by atoms with van der Waals surface area (Å²) in [7, 11) is 4.40. The summed E-state index contributed by atoms with van der Waals surface area (Å²) in [5.74, 6) is 0.768. The van der Waals surface area contributed by atoms with Gasteiger partial charge in [0.1, 0.15) is 25.2 Å². The lowest BCUT2D eigenvalue weighted by atomic mass is 10.3. The smallest absolute Gasteiger partial charge is 0.162 e. The van der Waals surface area contributed by atoms with Gasteiger partial charge in [-0.05, 0) is 24.3 Å². The number of carbonyl (C=O) groups excluding carboxylic acids is 1. The van der Waals surface area contributed by atoms with Crippen molar-refractivity contribution in [3.63, 3.8) is 0 Å². The highest BCUT2D eigenvalue weighted by molar-refractivity contribution is 7.41. The van der Waals surface area contributed by atoms with E-state index in [0.717, 1.165) is 17.0 Å². The molecule has 1 heterocycles. The fourth-order valence-electron chi connectivity index (χ4n) is 1.87. The maximum absolute atomic E-state index is 10.0. The Bertz CT molecular complexity index is 526. The van der Waals surface area contributed by atoms with Crippen LogP contribution in [0.25, 0.3) is 0 Å². The minimum absolute atomic E-state index is 0.108. The van der Waals surface area contributed by atoms with E-state index < -0.39 is 0 Å². The molecule has 0 spiro atoms. The number of nitrogens with zero attached hydrogens (tertiary/aromatic N) is 3. The first-order valence-corrected chi connectivity index (χ1v) is 7.74. The zero-order valence-electron chi connectivity index (χ0n) is 13.0. The van der Waals surface area contributed by atoms with Crippen LogP contribution < -0.4 is 15.3 Å². The Balaban J connectivity index is 1.66. The number of carbonyl (C=O) groups is 1. The van der Waals surface area contributed by atoms with Gasteiger partial charge < -0.3 is 19.0 Å². The summed E-state index contributed by atoms with van der Waals surface area (Å²) >= 11 is 0. The summed E-state index contributed by atoms with van der Waals surface area (Å²) in [4.78, 5) is 10.0. The Morgan fingerprint density at radius 3 is 2.52 bits per heavy atom. The Morgan fingerprint density at radius 2 is 1.87 bits per heavy atom. The van der Waals surface area contributed by atoms with Crippen LogP contribution in [0.1, 0.15) is 0 Å². The fraction of sp³-hybridized carbons (Fsp3) is 0.429. The molecule has 9 heteroatoms. The van der Waals surface area contributed by atoms with Gasteiger partial charge in [0, 0.05) is 7.05 Å². The van der Waals surface area contributed by atoms with Crippen molar-refractivity contribution in [2.75, 3.05) is 45.1 Å². The molecule has 0 saturated heterocycles. The van der Waals surface area contributed by atoms with Crippen molar-refractivity contribution >= 4 is 26.8 Å². The van der Waals surface area contributed by atoms with Crippen molar-refractivity contribution < 1.29 is 19.0 Å². The SMILES string of the molecule is CN1N=C(P)N(c2ccc(OCCOCCOCC=O)cc2)N1. The maximum atomic E-state index is 10.0. The molecule has 1 aromatic carbocycles. The Kier molecular flexibility index (Phi) is 7.22. The molecule has 2 rings (SSSR count). The molecule has 1 aliphatic rings. The molecular weight excluding hydrogens is 319 g/mol. The Labute approximate surface area is 137 Å². The van der Waals surface area contributed by atoms with Crippen molar-refractivity contribution in [2.45, 2.75) is 0 Å². The van der Waals surface area contributed by atoms with E-state index in [1.54, 1.807) is 5.12 Å². The number of hydrogen-bond donors (Lipinski definition) is 1. The van der Waals surface area contributed by atoms with Crippen LogP contribution in [0.3, 0.4) is 0 Å². The predicted molar refractivity (Wildman–Crippen MR) is 90.2 cm³/mol. The number of rotatable bonds is 10. The van der Waals surface area contributed by atoms with Crippen LogP contribution in [-0.2, 0) is 14.3 Å².